The zero-order chi connectivity index (χ0) is 13.1. The maximum atomic E-state index is 12.0. The van der Waals surface area contributed by atoms with Gasteiger partial charge in [0.05, 0.1) is 0 Å². The number of hydrogen-bond donors (Lipinski definition) is 0. The first-order chi connectivity index (χ1) is 6.97. The van der Waals surface area contributed by atoms with Gasteiger partial charge < -0.3 is 0 Å². The zero-order valence-corrected chi connectivity index (χ0v) is 9.85. The highest BCUT2D eigenvalue weighted by molar-refractivity contribution is 7.87. The van der Waals surface area contributed by atoms with Crippen molar-refractivity contribution in [2.45, 2.75) is 38.8 Å². The number of alkyl halides is 3. The third kappa shape index (κ3) is 4.48. The van der Waals surface area contributed by atoms with Gasteiger partial charge in [0.15, 0.2) is 5.78 Å². The van der Waals surface area contributed by atoms with Gasteiger partial charge in [0.2, 0.25) is 0 Å². The van der Waals surface area contributed by atoms with E-state index in [-0.39, 0.29) is 12.3 Å². The summed E-state index contributed by atoms with van der Waals surface area (Å²) in [6.45, 7) is 4.26. The summed E-state index contributed by atoms with van der Waals surface area (Å²) < 4.78 is 61.1. The Kier molecular flexibility index (Phi) is 4.93. The summed E-state index contributed by atoms with van der Waals surface area (Å²) in [6, 6.07) is 0. The van der Waals surface area contributed by atoms with Gasteiger partial charge in [-0.15, -0.1) is 0 Å². The summed E-state index contributed by atoms with van der Waals surface area (Å²) in [6.07, 6.45) is -1.66. The standard InChI is InChI=1S/C8H13F3O4S/c1-5(2)4-7(6(3)12)15-16(13,14)8(9,10)11/h5,7H,4H2,1-3H3/t7-/m0/s1. The number of carbonyl (C=O) groups excluding carboxylic acids is 1. The quantitative estimate of drug-likeness (QED) is 0.560. The van der Waals surface area contributed by atoms with Crippen LogP contribution < -0.4 is 0 Å². The monoisotopic (exact) mass is 262 g/mol. The third-order valence-corrected chi connectivity index (χ3v) is 2.72. The number of carbonyl (C=O) groups is 1. The fourth-order valence-electron chi connectivity index (χ4n) is 0.909. The Morgan fingerprint density at radius 1 is 1.31 bits per heavy atom. The van der Waals surface area contributed by atoms with Crippen molar-refractivity contribution in [3.63, 3.8) is 0 Å². The van der Waals surface area contributed by atoms with Crippen LogP contribution in [-0.4, -0.2) is 25.8 Å². The summed E-state index contributed by atoms with van der Waals surface area (Å²) in [7, 11) is -5.71. The minimum atomic E-state index is -5.71. The molecule has 0 aliphatic heterocycles. The van der Waals surface area contributed by atoms with Crippen molar-refractivity contribution in [1.29, 1.82) is 0 Å². The molecule has 0 heterocycles. The maximum Gasteiger partial charge on any atom is 0.523 e. The van der Waals surface area contributed by atoms with Crippen LogP contribution in [0.4, 0.5) is 13.2 Å². The van der Waals surface area contributed by atoms with Crippen LogP contribution in [-0.2, 0) is 19.1 Å². The van der Waals surface area contributed by atoms with Crippen LogP contribution in [0.3, 0.4) is 0 Å². The van der Waals surface area contributed by atoms with Crippen molar-refractivity contribution in [1.82, 2.24) is 0 Å². The first-order valence-corrected chi connectivity index (χ1v) is 5.88. The second-order valence-electron chi connectivity index (χ2n) is 3.72. The molecule has 0 bridgehead atoms. The normalized spacial score (nSPS) is 15.2. The molecule has 0 saturated heterocycles. The number of ketones is 1. The molecule has 0 aromatic rings. The van der Waals surface area contributed by atoms with E-state index in [0.717, 1.165) is 6.92 Å². The maximum absolute atomic E-state index is 12.0. The Bertz CT molecular complexity index is 345. The number of halogens is 3. The van der Waals surface area contributed by atoms with E-state index < -0.39 is 27.5 Å². The highest BCUT2D eigenvalue weighted by atomic mass is 32.2. The van der Waals surface area contributed by atoms with Gasteiger partial charge in [0.1, 0.15) is 6.10 Å². The van der Waals surface area contributed by atoms with Gasteiger partial charge in [0, 0.05) is 0 Å². The fourth-order valence-corrected chi connectivity index (χ4v) is 1.54. The minimum Gasteiger partial charge on any atom is -0.297 e. The van der Waals surface area contributed by atoms with E-state index in [1.807, 2.05) is 0 Å². The lowest BCUT2D eigenvalue weighted by Crippen LogP contribution is -2.34. The average molecular weight is 262 g/mol. The minimum absolute atomic E-state index is 0.0787. The van der Waals surface area contributed by atoms with Gasteiger partial charge in [0.25, 0.3) is 0 Å². The summed E-state index contributed by atoms with van der Waals surface area (Å²) in [5, 5.41) is 0. The van der Waals surface area contributed by atoms with Crippen LogP contribution in [0.25, 0.3) is 0 Å². The molecule has 1 atom stereocenters. The highest BCUT2D eigenvalue weighted by Crippen LogP contribution is 2.27. The van der Waals surface area contributed by atoms with Crippen LogP contribution in [0, 0.1) is 5.92 Å². The van der Waals surface area contributed by atoms with E-state index in [4.69, 9.17) is 0 Å². The van der Waals surface area contributed by atoms with E-state index >= 15 is 0 Å². The first-order valence-electron chi connectivity index (χ1n) is 4.47. The van der Waals surface area contributed by atoms with Crippen LogP contribution >= 0.6 is 0 Å². The molecule has 0 N–H and O–H groups in total. The molecule has 0 rings (SSSR count). The average Bonchev–Trinajstić information content (AvgIpc) is 1.98. The molecule has 0 aliphatic rings. The molecule has 0 amide bonds. The number of Topliss-reactive ketones (excluding diaryl/α,β-unsaturated/α-hetero) is 1. The van der Waals surface area contributed by atoms with E-state index in [1.54, 1.807) is 13.8 Å². The van der Waals surface area contributed by atoms with Crippen molar-refractivity contribution in [2.75, 3.05) is 0 Å². The lowest BCUT2D eigenvalue weighted by molar-refractivity contribution is -0.125. The van der Waals surface area contributed by atoms with E-state index in [1.165, 1.54) is 0 Å². The Morgan fingerprint density at radius 2 is 1.75 bits per heavy atom. The second kappa shape index (κ2) is 5.13. The first kappa shape index (κ1) is 15.4. The molecule has 96 valence electrons. The molecule has 0 saturated carbocycles. The number of hydrogen-bond acceptors (Lipinski definition) is 4. The highest BCUT2D eigenvalue weighted by Gasteiger charge is 2.49. The molecule has 0 aromatic carbocycles. The van der Waals surface area contributed by atoms with Gasteiger partial charge in [-0.2, -0.15) is 21.6 Å². The molecular formula is C8H13F3O4S. The summed E-state index contributed by atoms with van der Waals surface area (Å²) in [4.78, 5) is 10.9. The van der Waals surface area contributed by atoms with Crippen LogP contribution in [0.2, 0.25) is 0 Å². The van der Waals surface area contributed by atoms with Crippen molar-refractivity contribution >= 4 is 15.9 Å². The van der Waals surface area contributed by atoms with Gasteiger partial charge >= 0.3 is 15.6 Å². The van der Waals surface area contributed by atoms with Crippen molar-refractivity contribution < 1.29 is 30.6 Å². The summed E-state index contributed by atoms with van der Waals surface area (Å²) in [5.74, 6) is -0.904. The molecule has 0 aromatic heterocycles. The molecule has 0 radical (unpaired) electrons. The predicted octanol–water partition coefficient (Wildman–Crippen LogP) is 1.86. The molecule has 0 fully saturated rings. The molecule has 4 nitrogen and oxygen atoms in total. The van der Waals surface area contributed by atoms with Crippen LogP contribution in [0.15, 0.2) is 0 Å². The van der Waals surface area contributed by atoms with Gasteiger partial charge in [-0.1, -0.05) is 13.8 Å². The second-order valence-corrected chi connectivity index (χ2v) is 5.29. The van der Waals surface area contributed by atoms with Crippen molar-refractivity contribution in [3.8, 4) is 0 Å². The smallest absolute Gasteiger partial charge is 0.297 e. The Hall–Kier alpha value is -0.630. The van der Waals surface area contributed by atoms with E-state index in [2.05, 4.69) is 4.18 Å². The van der Waals surface area contributed by atoms with Gasteiger partial charge in [-0.25, -0.2) is 0 Å². The molecule has 8 heteroatoms. The van der Waals surface area contributed by atoms with Crippen LogP contribution in [0.5, 0.6) is 0 Å². The third-order valence-electron chi connectivity index (χ3n) is 1.67. The molecule has 0 unspecified atom stereocenters. The van der Waals surface area contributed by atoms with Gasteiger partial charge in [-0.3, -0.25) is 8.98 Å². The number of rotatable bonds is 5. The topological polar surface area (TPSA) is 60.4 Å². The Morgan fingerprint density at radius 3 is 2.00 bits per heavy atom. The largest absolute Gasteiger partial charge is 0.523 e. The summed E-state index contributed by atoms with van der Waals surface area (Å²) in [5.41, 5.74) is -5.50. The Balaban J connectivity index is 4.85. The van der Waals surface area contributed by atoms with Crippen molar-refractivity contribution in [2.24, 2.45) is 5.92 Å². The molecule has 0 spiro atoms. The molecule has 0 aliphatic carbocycles. The van der Waals surface area contributed by atoms with Crippen LogP contribution in [0.1, 0.15) is 27.2 Å². The predicted molar refractivity (Wildman–Crippen MR) is 50.0 cm³/mol. The fraction of sp³-hybridized carbons (Fsp3) is 0.875. The summed E-state index contributed by atoms with van der Waals surface area (Å²) >= 11 is 0. The SMILES string of the molecule is CC(=O)[C@H](CC(C)C)OS(=O)(=O)C(F)(F)F. The lowest BCUT2D eigenvalue weighted by atomic mass is 10.0. The molecular weight excluding hydrogens is 249 g/mol. The molecule has 16 heavy (non-hydrogen) atoms. The van der Waals surface area contributed by atoms with Gasteiger partial charge in [-0.05, 0) is 19.3 Å². The van der Waals surface area contributed by atoms with E-state index in [9.17, 15) is 26.4 Å². The Labute approximate surface area is 91.9 Å². The lowest BCUT2D eigenvalue weighted by Gasteiger charge is -2.17. The van der Waals surface area contributed by atoms with Crippen molar-refractivity contribution in [3.05, 3.63) is 0 Å². The zero-order valence-electron chi connectivity index (χ0n) is 9.04. The van der Waals surface area contributed by atoms with E-state index in [0.29, 0.717) is 0 Å².